The maximum Gasteiger partial charge on any atom is 0.223 e. The van der Waals surface area contributed by atoms with Gasteiger partial charge in [-0.1, -0.05) is 58.7 Å². The molecule has 144 valence electrons. The zero-order valence-corrected chi connectivity index (χ0v) is 17.0. The molecule has 1 aromatic carbocycles. The Kier molecular flexibility index (Phi) is 7.24. The number of amides is 2. The fourth-order valence-corrected chi connectivity index (χ4v) is 3.83. The van der Waals surface area contributed by atoms with Crippen LogP contribution in [-0.2, 0) is 9.59 Å². The summed E-state index contributed by atoms with van der Waals surface area (Å²) in [5.74, 6) is 0.681. The molecule has 2 amide bonds. The molecule has 1 fully saturated rings. The van der Waals surface area contributed by atoms with Crippen LogP contribution in [0.5, 0.6) is 0 Å². The average Bonchev–Trinajstić information content (AvgIpc) is 3.07. The van der Waals surface area contributed by atoms with Crippen LogP contribution in [0.2, 0.25) is 0 Å². The summed E-state index contributed by atoms with van der Waals surface area (Å²) in [5.41, 5.74) is 3.34. The van der Waals surface area contributed by atoms with Gasteiger partial charge in [0.05, 0.1) is 5.69 Å². The summed E-state index contributed by atoms with van der Waals surface area (Å²) in [7, 11) is 0. The lowest BCUT2D eigenvalue weighted by Gasteiger charge is -2.29. The van der Waals surface area contributed by atoms with E-state index < -0.39 is 0 Å². The van der Waals surface area contributed by atoms with Gasteiger partial charge < -0.3 is 10.2 Å². The number of benzene rings is 1. The van der Waals surface area contributed by atoms with Gasteiger partial charge in [0.15, 0.2) is 0 Å². The van der Waals surface area contributed by atoms with Gasteiger partial charge in [0, 0.05) is 25.9 Å². The second kappa shape index (κ2) is 9.20. The van der Waals surface area contributed by atoms with E-state index in [1.807, 2.05) is 0 Å². The highest BCUT2D eigenvalue weighted by molar-refractivity contribution is 5.94. The molecule has 26 heavy (non-hydrogen) atoms. The fraction of sp³-hybridized carbons (Fsp3) is 0.636. The normalized spacial score (nSPS) is 14.9. The van der Waals surface area contributed by atoms with Crippen molar-refractivity contribution in [3.63, 3.8) is 0 Å². The minimum atomic E-state index is -0.00586. The largest absolute Gasteiger partial charge is 0.353 e. The van der Waals surface area contributed by atoms with Crippen molar-refractivity contribution in [2.24, 2.45) is 0 Å². The predicted molar refractivity (Wildman–Crippen MR) is 108 cm³/mol. The smallest absolute Gasteiger partial charge is 0.223 e. The van der Waals surface area contributed by atoms with Crippen LogP contribution in [0.25, 0.3) is 0 Å². The van der Waals surface area contributed by atoms with Gasteiger partial charge in [-0.25, -0.2) is 0 Å². The number of hydrogen-bond acceptors (Lipinski definition) is 2. The molecule has 1 N–H and O–H groups in total. The summed E-state index contributed by atoms with van der Waals surface area (Å²) in [5, 5.41) is 3.12. The van der Waals surface area contributed by atoms with Gasteiger partial charge in [-0.3, -0.25) is 9.59 Å². The standard InChI is InChI=1S/C22H34N2O2/c1-15(2)19-11-8-12-20(16(3)4)22(19)24(17(5)25)14-13-21(26)23-18-9-6-7-10-18/h8,11-12,15-16,18H,6-7,9-10,13-14H2,1-5H3,(H,23,26). The molecule has 0 heterocycles. The molecule has 0 bridgehead atoms. The van der Waals surface area contributed by atoms with Crippen LogP contribution in [0.4, 0.5) is 5.69 Å². The number of hydrogen-bond donors (Lipinski definition) is 1. The molecular formula is C22H34N2O2. The molecule has 2 rings (SSSR count). The van der Waals surface area contributed by atoms with Gasteiger partial charge in [-0.05, 0) is 35.8 Å². The maximum absolute atomic E-state index is 12.4. The SMILES string of the molecule is CC(=O)N(CCC(=O)NC1CCCC1)c1c(C(C)C)cccc1C(C)C. The Hall–Kier alpha value is -1.84. The molecule has 0 unspecified atom stereocenters. The molecule has 0 spiro atoms. The van der Waals surface area contributed by atoms with Crippen molar-refractivity contribution in [3.8, 4) is 0 Å². The lowest BCUT2D eigenvalue weighted by Crippen LogP contribution is -2.38. The number of nitrogens with one attached hydrogen (secondary N) is 1. The molecule has 4 nitrogen and oxygen atoms in total. The summed E-state index contributed by atoms with van der Waals surface area (Å²) in [6.45, 7) is 10.6. The van der Waals surface area contributed by atoms with Crippen molar-refractivity contribution in [1.82, 2.24) is 5.32 Å². The Morgan fingerprint density at radius 1 is 1.08 bits per heavy atom. The van der Waals surface area contributed by atoms with Crippen LogP contribution < -0.4 is 10.2 Å². The highest BCUT2D eigenvalue weighted by Gasteiger charge is 2.23. The van der Waals surface area contributed by atoms with Crippen molar-refractivity contribution in [2.75, 3.05) is 11.4 Å². The minimum absolute atomic E-state index is 0.00586. The molecule has 0 aromatic heterocycles. The van der Waals surface area contributed by atoms with Gasteiger partial charge in [0.2, 0.25) is 11.8 Å². The molecule has 1 aliphatic carbocycles. The van der Waals surface area contributed by atoms with Gasteiger partial charge >= 0.3 is 0 Å². The van der Waals surface area contributed by atoms with Crippen LogP contribution in [0.1, 0.15) is 89.7 Å². The van der Waals surface area contributed by atoms with Crippen LogP contribution in [0.15, 0.2) is 18.2 Å². The Labute approximate surface area is 158 Å². The molecule has 4 heteroatoms. The number of para-hydroxylation sites is 1. The van der Waals surface area contributed by atoms with Gasteiger partial charge in [0.1, 0.15) is 0 Å². The Balaban J connectivity index is 2.20. The van der Waals surface area contributed by atoms with E-state index in [4.69, 9.17) is 0 Å². The molecule has 1 aliphatic rings. The van der Waals surface area contributed by atoms with Gasteiger partial charge in [0.25, 0.3) is 0 Å². The summed E-state index contributed by atoms with van der Waals surface area (Å²) in [6.07, 6.45) is 4.90. The lowest BCUT2D eigenvalue weighted by atomic mass is 9.91. The first-order chi connectivity index (χ1) is 12.3. The van der Waals surface area contributed by atoms with E-state index in [0.717, 1.165) is 18.5 Å². The first-order valence-electron chi connectivity index (χ1n) is 10.0. The highest BCUT2D eigenvalue weighted by atomic mass is 16.2. The third kappa shape index (κ3) is 5.09. The third-order valence-electron chi connectivity index (χ3n) is 5.28. The van der Waals surface area contributed by atoms with Crippen LogP contribution in [-0.4, -0.2) is 24.4 Å². The summed E-state index contributed by atoms with van der Waals surface area (Å²) >= 11 is 0. The Morgan fingerprint density at radius 2 is 1.62 bits per heavy atom. The number of nitrogens with zero attached hydrogens (tertiary/aromatic N) is 1. The van der Waals surface area contributed by atoms with E-state index in [2.05, 4.69) is 51.2 Å². The summed E-state index contributed by atoms with van der Waals surface area (Å²) < 4.78 is 0. The Bertz CT molecular complexity index is 605. The first-order valence-corrected chi connectivity index (χ1v) is 10.0. The van der Waals surface area contributed by atoms with Crippen molar-refractivity contribution in [1.29, 1.82) is 0 Å². The fourth-order valence-electron chi connectivity index (χ4n) is 3.83. The monoisotopic (exact) mass is 358 g/mol. The quantitative estimate of drug-likeness (QED) is 0.765. The van der Waals surface area contributed by atoms with Gasteiger partial charge in [-0.15, -0.1) is 0 Å². The topological polar surface area (TPSA) is 49.4 Å². The molecule has 1 aromatic rings. The number of carbonyl (C=O) groups is 2. The van der Waals surface area contributed by atoms with E-state index in [0.29, 0.717) is 30.8 Å². The highest BCUT2D eigenvalue weighted by Crippen LogP contribution is 2.35. The van der Waals surface area contributed by atoms with E-state index in [-0.39, 0.29) is 11.8 Å². The second-order valence-electron chi connectivity index (χ2n) is 8.06. The second-order valence-corrected chi connectivity index (χ2v) is 8.06. The zero-order chi connectivity index (χ0) is 19.3. The number of anilines is 1. The number of carbonyl (C=O) groups excluding carboxylic acids is 2. The van der Waals surface area contributed by atoms with E-state index in [1.165, 1.54) is 24.0 Å². The van der Waals surface area contributed by atoms with Crippen LogP contribution in [0.3, 0.4) is 0 Å². The van der Waals surface area contributed by atoms with Gasteiger partial charge in [-0.2, -0.15) is 0 Å². The zero-order valence-electron chi connectivity index (χ0n) is 17.0. The Morgan fingerprint density at radius 3 is 2.08 bits per heavy atom. The average molecular weight is 359 g/mol. The molecule has 0 saturated heterocycles. The number of rotatable bonds is 7. The molecule has 0 radical (unpaired) electrons. The molecule has 0 atom stereocenters. The van der Waals surface area contributed by atoms with E-state index in [9.17, 15) is 9.59 Å². The summed E-state index contributed by atoms with van der Waals surface area (Å²) in [4.78, 5) is 26.6. The lowest BCUT2D eigenvalue weighted by molar-refractivity contribution is -0.121. The summed E-state index contributed by atoms with van der Waals surface area (Å²) in [6, 6.07) is 6.59. The predicted octanol–water partition coefficient (Wildman–Crippen LogP) is 4.74. The molecule has 1 saturated carbocycles. The molecule has 0 aliphatic heterocycles. The third-order valence-corrected chi connectivity index (χ3v) is 5.28. The van der Waals surface area contributed by atoms with Crippen molar-refractivity contribution < 1.29 is 9.59 Å². The van der Waals surface area contributed by atoms with E-state index in [1.54, 1.807) is 11.8 Å². The van der Waals surface area contributed by atoms with Crippen LogP contribution in [0, 0.1) is 0 Å². The van der Waals surface area contributed by atoms with Crippen LogP contribution >= 0.6 is 0 Å². The molecular weight excluding hydrogens is 324 g/mol. The van der Waals surface area contributed by atoms with E-state index >= 15 is 0 Å². The minimum Gasteiger partial charge on any atom is -0.353 e. The van der Waals surface area contributed by atoms with Crippen molar-refractivity contribution in [3.05, 3.63) is 29.3 Å². The van der Waals surface area contributed by atoms with Crippen molar-refractivity contribution in [2.45, 2.75) is 84.6 Å². The first kappa shape index (κ1) is 20.5. The van der Waals surface area contributed by atoms with Crippen molar-refractivity contribution >= 4 is 17.5 Å². The maximum atomic E-state index is 12.4.